The summed E-state index contributed by atoms with van der Waals surface area (Å²) in [6, 6.07) is 13.7. The lowest BCUT2D eigenvalue weighted by molar-refractivity contribution is -0.123. The molecule has 0 aliphatic carbocycles. The van der Waals surface area contributed by atoms with Crippen molar-refractivity contribution in [2.24, 2.45) is 5.10 Å². The molecule has 2 aromatic rings. The molecule has 0 atom stereocenters. The first-order chi connectivity index (χ1) is 12.0. The van der Waals surface area contributed by atoms with E-state index in [-0.39, 0.29) is 12.5 Å². The number of nitrogens with zero attached hydrogens (tertiary/aromatic N) is 1. The molecule has 0 aromatic heterocycles. The first kappa shape index (κ1) is 19.7. The molecule has 0 bridgehead atoms. The Kier molecular flexibility index (Phi) is 7.65. The van der Waals surface area contributed by atoms with Gasteiger partial charge in [-0.2, -0.15) is 5.10 Å². The molecule has 2 aromatic carbocycles. The second-order valence-electron chi connectivity index (χ2n) is 5.53. The van der Waals surface area contributed by atoms with Gasteiger partial charge >= 0.3 is 0 Å². The van der Waals surface area contributed by atoms with Crippen LogP contribution in [0.15, 0.2) is 56.5 Å². The van der Waals surface area contributed by atoms with E-state index in [0.29, 0.717) is 5.75 Å². The van der Waals surface area contributed by atoms with E-state index in [4.69, 9.17) is 4.74 Å². The molecule has 1 amide bonds. The fourth-order valence-electron chi connectivity index (χ4n) is 2.30. The van der Waals surface area contributed by atoms with Gasteiger partial charge in [-0.1, -0.05) is 59.6 Å². The molecule has 0 saturated heterocycles. The zero-order valence-corrected chi connectivity index (χ0v) is 17.4. The van der Waals surface area contributed by atoms with E-state index in [1.165, 1.54) is 0 Å². The average molecular weight is 468 g/mol. The molecule has 0 unspecified atom stereocenters. The van der Waals surface area contributed by atoms with E-state index in [1.807, 2.05) is 49.4 Å². The summed E-state index contributed by atoms with van der Waals surface area (Å²) in [7, 11) is 0. The van der Waals surface area contributed by atoms with Crippen molar-refractivity contribution in [2.45, 2.75) is 26.7 Å². The molecule has 4 nitrogen and oxygen atoms in total. The van der Waals surface area contributed by atoms with Crippen molar-refractivity contribution in [2.75, 3.05) is 6.61 Å². The van der Waals surface area contributed by atoms with Gasteiger partial charge in [0.2, 0.25) is 0 Å². The Labute approximate surface area is 164 Å². The fraction of sp³-hybridized carbons (Fsp3) is 0.263. The lowest BCUT2D eigenvalue weighted by atomic mass is 10.1. The van der Waals surface area contributed by atoms with Crippen molar-refractivity contribution in [1.29, 1.82) is 0 Å². The van der Waals surface area contributed by atoms with Crippen molar-refractivity contribution in [3.05, 3.63) is 62.5 Å². The van der Waals surface area contributed by atoms with Gasteiger partial charge in [-0.25, -0.2) is 5.43 Å². The summed E-state index contributed by atoms with van der Waals surface area (Å²) in [6.07, 6.45) is 1.74. The van der Waals surface area contributed by atoms with Crippen LogP contribution in [0.25, 0.3) is 0 Å². The molecular formula is C19H20Br2N2O2. The summed E-state index contributed by atoms with van der Waals surface area (Å²) in [5, 5.41) is 4.27. The van der Waals surface area contributed by atoms with E-state index in [2.05, 4.69) is 49.3 Å². The van der Waals surface area contributed by atoms with Crippen molar-refractivity contribution in [1.82, 2.24) is 5.43 Å². The number of aryl methyl sites for hydroxylation is 1. The van der Waals surface area contributed by atoms with Crippen molar-refractivity contribution < 1.29 is 9.53 Å². The Morgan fingerprint density at radius 2 is 1.92 bits per heavy atom. The Bertz CT molecular complexity index is 738. The van der Waals surface area contributed by atoms with Crippen LogP contribution in [0.4, 0.5) is 0 Å². The highest BCUT2D eigenvalue weighted by Crippen LogP contribution is 2.32. The van der Waals surface area contributed by atoms with Crippen LogP contribution in [0.3, 0.4) is 0 Å². The number of hydrogen-bond acceptors (Lipinski definition) is 3. The molecule has 0 spiro atoms. The Balaban J connectivity index is 1.99. The van der Waals surface area contributed by atoms with Gasteiger partial charge < -0.3 is 4.74 Å². The highest BCUT2D eigenvalue weighted by molar-refractivity contribution is 9.11. The topological polar surface area (TPSA) is 50.7 Å². The molecule has 0 fully saturated rings. The van der Waals surface area contributed by atoms with Crippen LogP contribution in [0.1, 0.15) is 30.9 Å². The molecule has 1 N–H and O–H groups in total. The van der Waals surface area contributed by atoms with E-state index in [0.717, 1.165) is 38.6 Å². The normalized spacial score (nSPS) is 11.3. The molecule has 0 heterocycles. The highest BCUT2D eigenvalue weighted by Gasteiger charge is 2.10. The standard InChI is InChI=1S/C19H20Br2N2O2/c1-3-7-17(14-8-5-4-6-9-14)22-23-18(24)12-25-19-13(2)10-15(20)11-16(19)21/h4-6,8-11H,3,7,12H2,1-2H3,(H,23,24). The number of halogens is 2. The van der Waals surface area contributed by atoms with Crippen LogP contribution < -0.4 is 10.2 Å². The van der Waals surface area contributed by atoms with Gasteiger partial charge in [0.25, 0.3) is 5.91 Å². The first-order valence-corrected chi connectivity index (χ1v) is 9.59. The second kappa shape index (κ2) is 9.73. The first-order valence-electron chi connectivity index (χ1n) is 8.00. The SMILES string of the molecule is CCCC(=NNC(=O)COc1c(C)cc(Br)cc1Br)c1ccccc1. The summed E-state index contributed by atoms with van der Waals surface area (Å²) in [5.41, 5.74) is 5.39. The molecule has 6 heteroatoms. The number of amides is 1. The number of nitrogens with one attached hydrogen (secondary N) is 1. The van der Waals surface area contributed by atoms with Gasteiger partial charge in [0.1, 0.15) is 5.75 Å². The van der Waals surface area contributed by atoms with Crippen LogP contribution in [0, 0.1) is 6.92 Å². The Morgan fingerprint density at radius 1 is 1.20 bits per heavy atom. The van der Waals surface area contributed by atoms with Crippen LogP contribution in [-0.4, -0.2) is 18.2 Å². The summed E-state index contributed by atoms with van der Waals surface area (Å²) >= 11 is 6.87. The minimum absolute atomic E-state index is 0.0984. The van der Waals surface area contributed by atoms with Gasteiger partial charge in [-0.05, 0) is 52.5 Å². The quantitative estimate of drug-likeness (QED) is 0.448. The van der Waals surface area contributed by atoms with Crippen LogP contribution >= 0.6 is 31.9 Å². The molecule has 2 rings (SSSR count). The van der Waals surface area contributed by atoms with Crippen LogP contribution in [-0.2, 0) is 4.79 Å². The molecule has 132 valence electrons. The summed E-state index contributed by atoms with van der Waals surface area (Å²) in [6.45, 7) is 3.91. The van der Waals surface area contributed by atoms with Crippen LogP contribution in [0.2, 0.25) is 0 Å². The van der Waals surface area contributed by atoms with Gasteiger partial charge in [0, 0.05) is 4.47 Å². The zero-order chi connectivity index (χ0) is 18.2. The molecular weight excluding hydrogens is 448 g/mol. The minimum Gasteiger partial charge on any atom is -0.482 e. The van der Waals surface area contributed by atoms with E-state index >= 15 is 0 Å². The van der Waals surface area contributed by atoms with Gasteiger partial charge in [-0.15, -0.1) is 0 Å². The number of carbonyl (C=O) groups is 1. The van der Waals surface area contributed by atoms with E-state index in [9.17, 15) is 4.79 Å². The second-order valence-corrected chi connectivity index (χ2v) is 7.30. The number of carbonyl (C=O) groups excluding carboxylic acids is 1. The number of hydrazone groups is 1. The number of benzene rings is 2. The lowest BCUT2D eigenvalue weighted by Crippen LogP contribution is -2.26. The lowest BCUT2D eigenvalue weighted by Gasteiger charge is -2.11. The molecule has 0 aliphatic heterocycles. The van der Waals surface area contributed by atoms with Gasteiger partial charge in [0.15, 0.2) is 6.61 Å². The number of ether oxygens (including phenoxy) is 1. The van der Waals surface area contributed by atoms with Crippen molar-refractivity contribution >= 4 is 43.5 Å². The third-order valence-electron chi connectivity index (χ3n) is 3.45. The van der Waals surface area contributed by atoms with Crippen molar-refractivity contribution in [3.8, 4) is 5.75 Å². The Hall–Kier alpha value is -1.66. The molecule has 25 heavy (non-hydrogen) atoms. The van der Waals surface area contributed by atoms with Gasteiger partial charge in [-0.3, -0.25) is 4.79 Å². The highest BCUT2D eigenvalue weighted by atomic mass is 79.9. The molecule has 0 radical (unpaired) electrons. The maximum Gasteiger partial charge on any atom is 0.277 e. The smallest absolute Gasteiger partial charge is 0.277 e. The van der Waals surface area contributed by atoms with E-state index < -0.39 is 0 Å². The minimum atomic E-state index is -0.293. The molecule has 0 saturated carbocycles. The van der Waals surface area contributed by atoms with Gasteiger partial charge in [0.05, 0.1) is 10.2 Å². The molecule has 0 aliphatic rings. The Morgan fingerprint density at radius 3 is 2.56 bits per heavy atom. The predicted molar refractivity (Wildman–Crippen MR) is 108 cm³/mol. The maximum absolute atomic E-state index is 12.1. The summed E-state index contributed by atoms with van der Waals surface area (Å²) < 4.78 is 7.38. The average Bonchev–Trinajstić information content (AvgIpc) is 2.58. The van der Waals surface area contributed by atoms with E-state index in [1.54, 1.807) is 0 Å². The summed E-state index contributed by atoms with van der Waals surface area (Å²) in [5.74, 6) is 0.359. The van der Waals surface area contributed by atoms with Crippen molar-refractivity contribution in [3.63, 3.8) is 0 Å². The monoisotopic (exact) mass is 466 g/mol. The largest absolute Gasteiger partial charge is 0.482 e. The third kappa shape index (κ3) is 5.97. The zero-order valence-electron chi connectivity index (χ0n) is 14.2. The number of rotatable bonds is 7. The fourth-order valence-corrected chi connectivity index (χ4v) is 3.86. The third-order valence-corrected chi connectivity index (χ3v) is 4.50. The predicted octanol–water partition coefficient (Wildman–Crippen LogP) is 5.22. The number of hydrogen-bond donors (Lipinski definition) is 1. The maximum atomic E-state index is 12.1. The van der Waals surface area contributed by atoms with Crippen LogP contribution in [0.5, 0.6) is 5.75 Å². The summed E-state index contributed by atoms with van der Waals surface area (Å²) in [4.78, 5) is 12.1.